The van der Waals surface area contributed by atoms with Crippen LogP contribution in [0.15, 0.2) is 12.2 Å². The Morgan fingerprint density at radius 1 is 1.22 bits per heavy atom. The Morgan fingerprint density at radius 2 is 1.89 bits per heavy atom. The highest BCUT2D eigenvalue weighted by Gasteiger charge is 2.72. The Morgan fingerprint density at radius 3 is 2.52 bits per heavy atom. The molecular formula is C22H32O5. The number of fused-ring (bicyclic) bond motifs is 3. The van der Waals surface area contributed by atoms with Gasteiger partial charge in [0.05, 0.1) is 12.2 Å². The van der Waals surface area contributed by atoms with Crippen molar-refractivity contribution in [2.45, 2.75) is 78.1 Å². The predicted octanol–water partition coefficient (Wildman–Crippen LogP) is 2.64. The average Bonchev–Trinajstić information content (AvgIpc) is 2.74. The summed E-state index contributed by atoms with van der Waals surface area (Å²) in [5.41, 5.74) is -0.851. The number of ketones is 1. The van der Waals surface area contributed by atoms with Crippen LogP contribution in [0.4, 0.5) is 0 Å². The highest BCUT2D eigenvalue weighted by molar-refractivity contribution is 6.03. The van der Waals surface area contributed by atoms with Crippen molar-refractivity contribution in [3.8, 4) is 0 Å². The van der Waals surface area contributed by atoms with Gasteiger partial charge in [0.25, 0.3) is 0 Å². The molecule has 4 saturated carbocycles. The largest absolute Gasteiger partial charge is 0.462 e. The van der Waals surface area contributed by atoms with Crippen LogP contribution in [0.25, 0.3) is 0 Å². The summed E-state index contributed by atoms with van der Waals surface area (Å²) in [4.78, 5) is 24.8. The van der Waals surface area contributed by atoms with E-state index < -0.39 is 23.0 Å². The first kappa shape index (κ1) is 19.1. The number of allylic oxidation sites excluding steroid dienone is 1. The van der Waals surface area contributed by atoms with Crippen LogP contribution in [0.2, 0.25) is 0 Å². The van der Waals surface area contributed by atoms with Crippen molar-refractivity contribution in [1.29, 1.82) is 0 Å². The molecule has 4 fully saturated rings. The maximum Gasteiger partial charge on any atom is 0.302 e. The molecule has 0 aromatic heterocycles. The smallest absolute Gasteiger partial charge is 0.302 e. The molecule has 150 valence electrons. The molecule has 2 N–H and O–H groups in total. The van der Waals surface area contributed by atoms with Gasteiger partial charge in [0.1, 0.15) is 6.10 Å². The van der Waals surface area contributed by atoms with Crippen molar-refractivity contribution < 1.29 is 24.5 Å². The van der Waals surface area contributed by atoms with E-state index in [1.54, 1.807) is 0 Å². The van der Waals surface area contributed by atoms with Crippen molar-refractivity contribution in [1.82, 2.24) is 0 Å². The lowest BCUT2D eigenvalue weighted by molar-refractivity contribution is -0.250. The predicted molar refractivity (Wildman–Crippen MR) is 99.6 cm³/mol. The van der Waals surface area contributed by atoms with Gasteiger partial charge in [-0.15, -0.1) is 0 Å². The summed E-state index contributed by atoms with van der Waals surface area (Å²) in [5.74, 6) is -0.368. The van der Waals surface area contributed by atoms with Gasteiger partial charge < -0.3 is 14.9 Å². The third kappa shape index (κ3) is 2.24. The summed E-state index contributed by atoms with van der Waals surface area (Å²) >= 11 is 0. The lowest BCUT2D eigenvalue weighted by Gasteiger charge is -2.66. The molecular weight excluding hydrogens is 344 g/mol. The molecule has 4 aliphatic carbocycles. The molecule has 5 heteroatoms. The number of hydrogen-bond donors (Lipinski definition) is 2. The first-order valence-corrected chi connectivity index (χ1v) is 10.2. The third-order valence-electron chi connectivity index (χ3n) is 8.85. The number of carbonyl (C=O) groups excluding carboxylic acids is 2. The minimum Gasteiger partial charge on any atom is -0.462 e. The maximum absolute atomic E-state index is 13.2. The van der Waals surface area contributed by atoms with E-state index in [2.05, 4.69) is 27.4 Å². The number of esters is 1. The van der Waals surface area contributed by atoms with Crippen molar-refractivity contribution in [3.05, 3.63) is 12.2 Å². The summed E-state index contributed by atoms with van der Waals surface area (Å²) in [6, 6.07) is 0. The molecule has 27 heavy (non-hydrogen) atoms. The molecule has 1 spiro atoms. The van der Waals surface area contributed by atoms with Crippen LogP contribution in [-0.2, 0) is 14.3 Å². The molecule has 0 radical (unpaired) electrons. The lowest BCUT2D eigenvalue weighted by atomic mass is 9.39. The van der Waals surface area contributed by atoms with Crippen LogP contribution < -0.4 is 0 Å². The third-order valence-corrected chi connectivity index (χ3v) is 8.85. The van der Waals surface area contributed by atoms with Crippen LogP contribution >= 0.6 is 0 Å². The fourth-order valence-corrected chi connectivity index (χ4v) is 7.76. The zero-order valence-corrected chi connectivity index (χ0v) is 16.8. The quantitative estimate of drug-likeness (QED) is 0.543. The van der Waals surface area contributed by atoms with Crippen LogP contribution in [0.5, 0.6) is 0 Å². The van der Waals surface area contributed by atoms with E-state index in [0.717, 1.165) is 12.8 Å². The fraction of sp³-hybridized carbons (Fsp3) is 0.818. The SMILES string of the molecule is C=C1C(=O)[C@@]23CC[C@@H]4C(C)(C)[C@@H](OC(C)=O)C[C@H](O)[C@@]4(C)[C@@H]2[C@H](O)C[C@@H]1C3. The van der Waals surface area contributed by atoms with Gasteiger partial charge in [0, 0.05) is 35.5 Å². The zero-order valence-electron chi connectivity index (χ0n) is 16.8. The van der Waals surface area contributed by atoms with Gasteiger partial charge in [-0.2, -0.15) is 0 Å². The van der Waals surface area contributed by atoms with E-state index in [1.807, 2.05) is 0 Å². The Labute approximate surface area is 161 Å². The number of carbonyl (C=O) groups is 2. The number of hydrogen-bond acceptors (Lipinski definition) is 5. The van der Waals surface area contributed by atoms with Crippen molar-refractivity contribution in [3.63, 3.8) is 0 Å². The molecule has 0 amide bonds. The highest BCUT2D eigenvalue weighted by Crippen LogP contribution is 2.71. The molecule has 4 aliphatic rings. The van der Waals surface area contributed by atoms with Crippen LogP contribution in [0, 0.1) is 34.0 Å². The Kier molecular flexibility index (Phi) is 4.01. The average molecular weight is 376 g/mol. The van der Waals surface area contributed by atoms with E-state index in [1.165, 1.54) is 6.92 Å². The molecule has 0 aromatic carbocycles. The number of Topliss-reactive ketones (excluding diaryl/α,β-unsaturated/α-hetero) is 1. The molecule has 2 bridgehead atoms. The standard InChI is InChI=1S/C22H32O5/c1-11-13-8-14(24)18-21(5)15(6-7-22(18,10-13)19(11)26)20(3,4)17(9-16(21)25)27-12(2)23/h13-18,24-25H,1,6-10H2,2-5H3/t13-,14-,15-,16+,17+,18+,21+,22-/m1/s1. The van der Waals surface area contributed by atoms with Gasteiger partial charge in [-0.3, -0.25) is 9.59 Å². The van der Waals surface area contributed by atoms with E-state index in [0.29, 0.717) is 24.8 Å². The minimum absolute atomic E-state index is 0.0570. The Balaban J connectivity index is 1.80. The van der Waals surface area contributed by atoms with Gasteiger partial charge in [0.2, 0.25) is 0 Å². The molecule has 0 unspecified atom stereocenters. The first-order chi connectivity index (χ1) is 12.5. The maximum atomic E-state index is 13.2. The molecule has 0 heterocycles. The van der Waals surface area contributed by atoms with E-state index in [9.17, 15) is 19.8 Å². The van der Waals surface area contributed by atoms with Crippen LogP contribution in [0.1, 0.15) is 59.8 Å². The second kappa shape index (κ2) is 5.66. The number of rotatable bonds is 1. The summed E-state index contributed by atoms with van der Waals surface area (Å²) < 4.78 is 5.59. The van der Waals surface area contributed by atoms with Crippen LogP contribution in [-0.4, -0.2) is 40.3 Å². The zero-order chi connectivity index (χ0) is 19.9. The van der Waals surface area contributed by atoms with Crippen molar-refractivity contribution in [2.24, 2.45) is 34.0 Å². The molecule has 0 aliphatic heterocycles. The number of aliphatic hydroxyl groups is 2. The van der Waals surface area contributed by atoms with Gasteiger partial charge in [-0.25, -0.2) is 0 Å². The molecule has 4 rings (SSSR count). The summed E-state index contributed by atoms with van der Waals surface area (Å²) in [5, 5.41) is 22.4. The van der Waals surface area contributed by atoms with E-state index in [-0.39, 0.29) is 41.0 Å². The van der Waals surface area contributed by atoms with Crippen molar-refractivity contribution in [2.75, 3.05) is 0 Å². The van der Waals surface area contributed by atoms with Crippen LogP contribution in [0.3, 0.4) is 0 Å². The monoisotopic (exact) mass is 376 g/mol. The van der Waals surface area contributed by atoms with E-state index in [4.69, 9.17) is 4.74 Å². The summed E-state index contributed by atoms with van der Waals surface area (Å²) in [7, 11) is 0. The molecule has 5 nitrogen and oxygen atoms in total. The van der Waals surface area contributed by atoms with Gasteiger partial charge in [-0.05, 0) is 43.1 Å². The second-order valence-corrected chi connectivity index (χ2v) is 10.3. The van der Waals surface area contributed by atoms with E-state index >= 15 is 0 Å². The highest BCUT2D eigenvalue weighted by atomic mass is 16.5. The van der Waals surface area contributed by atoms with Crippen molar-refractivity contribution >= 4 is 11.8 Å². The number of aliphatic hydroxyl groups excluding tert-OH is 2. The van der Waals surface area contributed by atoms with Gasteiger partial charge >= 0.3 is 5.97 Å². The lowest BCUT2D eigenvalue weighted by Crippen LogP contribution is -2.68. The van der Waals surface area contributed by atoms with Gasteiger partial charge in [-0.1, -0.05) is 27.4 Å². The molecule has 8 atom stereocenters. The summed E-state index contributed by atoms with van der Waals surface area (Å²) in [6.07, 6.45) is 1.46. The topological polar surface area (TPSA) is 83.8 Å². The Bertz CT molecular complexity index is 711. The number of ether oxygens (including phenoxy) is 1. The normalized spacial score (nSPS) is 50.7. The first-order valence-electron chi connectivity index (χ1n) is 10.2. The Hall–Kier alpha value is -1.20. The second-order valence-electron chi connectivity index (χ2n) is 10.3. The molecule has 0 aromatic rings. The summed E-state index contributed by atoms with van der Waals surface area (Å²) in [6.45, 7) is 11.7. The molecule has 0 saturated heterocycles. The fourth-order valence-electron chi connectivity index (χ4n) is 7.76. The van der Waals surface area contributed by atoms with Gasteiger partial charge in [0.15, 0.2) is 5.78 Å². The minimum atomic E-state index is -0.727.